The predicted molar refractivity (Wildman–Crippen MR) is 118 cm³/mol. The monoisotopic (exact) mass is 401 g/mol. The van der Waals surface area contributed by atoms with Gasteiger partial charge in [0.1, 0.15) is 0 Å². The molecule has 0 amide bonds. The molecule has 6 heteroatoms. The summed E-state index contributed by atoms with van der Waals surface area (Å²) in [4.78, 5) is 13.1. The smallest absolute Gasteiger partial charge is 0.171 e. The van der Waals surface area contributed by atoms with E-state index in [4.69, 9.17) is 4.74 Å². The number of aryl methyl sites for hydroxylation is 1. The van der Waals surface area contributed by atoms with Gasteiger partial charge in [0.25, 0.3) is 0 Å². The van der Waals surface area contributed by atoms with E-state index in [-0.39, 0.29) is 0 Å². The highest BCUT2D eigenvalue weighted by Gasteiger charge is 2.41. The van der Waals surface area contributed by atoms with Crippen LogP contribution in [0.15, 0.2) is 42.7 Å². The summed E-state index contributed by atoms with van der Waals surface area (Å²) in [5, 5.41) is 10.4. The van der Waals surface area contributed by atoms with Crippen molar-refractivity contribution < 1.29 is 4.74 Å². The first-order valence-corrected chi connectivity index (χ1v) is 10.8. The Labute approximate surface area is 177 Å². The van der Waals surface area contributed by atoms with Gasteiger partial charge in [0, 0.05) is 48.5 Å². The lowest BCUT2D eigenvalue weighted by molar-refractivity contribution is 0.216. The second kappa shape index (κ2) is 8.00. The first kappa shape index (κ1) is 19.0. The number of methoxy groups -OCH3 is 1. The van der Waals surface area contributed by atoms with E-state index in [0.29, 0.717) is 12.1 Å². The first-order chi connectivity index (χ1) is 14.8. The maximum Gasteiger partial charge on any atom is 0.171 e. The number of benzene rings is 1. The fraction of sp³-hybridized carbons (Fsp3) is 0.417. The van der Waals surface area contributed by atoms with Crippen molar-refractivity contribution in [3.05, 3.63) is 53.9 Å². The van der Waals surface area contributed by atoms with Crippen molar-refractivity contribution in [2.24, 2.45) is 0 Å². The number of nitrogens with zero attached hydrogens (tertiary/aromatic N) is 4. The Morgan fingerprint density at radius 3 is 2.83 bits per heavy atom. The number of hydrogen-bond donors (Lipinski definition) is 1. The van der Waals surface area contributed by atoms with Crippen molar-refractivity contribution in [2.45, 2.75) is 37.8 Å². The normalized spacial score (nSPS) is 21.1. The average molecular weight is 402 g/mol. The lowest BCUT2D eigenvalue weighted by Gasteiger charge is -2.42. The molecule has 4 heterocycles. The van der Waals surface area contributed by atoms with Crippen LogP contribution < -0.4 is 9.64 Å². The summed E-state index contributed by atoms with van der Waals surface area (Å²) in [5.41, 5.74) is 3.14. The summed E-state index contributed by atoms with van der Waals surface area (Å²) >= 11 is 0. The quantitative estimate of drug-likeness (QED) is 0.682. The van der Waals surface area contributed by atoms with Gasteiger partial charge in [0.15, 0.2) is 11.6 Å². The first-order valence-electron chi connectivity index (χ1n) is 10.8. The number of likely N-dealkylation sites (tertiary alicyclic amines) is 1. The maximum absolute atomic E-state index is 9.18. The molecule has 1 aromatic carbocycles. The number of ether oxygens (including phenoxy) is 1. The molecule has 3 aromatic rings. The molecule has 1 N–H and O–H groups in total. The van der Waals surface area contributed by atoms with Crippen molar-refractivity contribution in [3.63, 3.8) is 0 Å². The number of pyridine rings is 1. The number of aromatic amines is 1. The van der Waals surface area contributed by atoms with E-state index < -0.39 is 0 Å². The second-order valence-corrected chi connectivity index (χ2v) is 8.37. The SMILES string of the molecule is COc1cccnc1N1C2CCC1CN(CCCc1c[nH]c3ccc(C#N)cc13)C2. The van der Waals surface area contributed by atoms with Crippen LogP contribution in [0, 0.1) is 11.3 Å². The molecule has 2 unspecified atom stereocenters. The minimum atomic E-state index is 0.513. The molecule has 2 aliphatic heterocycles. The molecule has 5 rings (SSSR count). The molecule has 0 saturated carbocycles. The van der Waals surface area contributed by atoms with E-state index in [9.17, 15) is 5.26 Å². The molecule has 2 aromatic heterocycles. The van der Waals surface area contributed by atoms with E-state index >= 15 is 0 Å². The van der Waals surface area contributed by atoms with Crippen molar-refractivity contribution in [1.82, 2.24) is 14.9 Å². The fourth-order valence-electron chi connectivity index (χ4n) is 5.20. The summed E-state index contributed by atoms with van der Waals surface area (Å²) in [6.07, 6.45) is 8.55. The minimum absolute atomic E-state index is 0.513. The van der Waals surface area contributed by atoms with E-state index in [1.807, 2.05) is 36.5 Å². The fourth-order valence-corrected chi connectivity index (χ4v) is 5.20. The molecule has 2 saturated heterocycles. The van der Waals surface area contributed by atoms with Crippen molar-refractivity contribution in [1.29, 1.82) is 5.26 Å². The molecular weight excluding hydrogens is 374 g/mol. The minimum Gasteiger partial charge on any atom is -0.493 e. The summed E-state index contributed by atoms with van der Waals surface area (Å²) in [7, 11) is 1.73. The summed E-state index contributed by atoms with van der Waals surface area (Å²) in [6, 6.07) is 13.1. The summed E-state index contributed by atoms with van der Waals surface area (Å²) in [5.74, 6) is 1.87. The molecule has 2 aliphatic rings. The number of piperazine rings is 1. The van der Waals surface area contributed by atoms with Crippen LogP contribution in [0.4, 0.5) is 5.82 Å². The van der Waals surface area contributed by atoms with E-state index in [1.165, 1.54) is 23.8 Å². The standard InChI is InChI=1S/C24H27N5O/c1-30-23-5-2-10-26-24(23)29-19-7-8-20(29)16-28(15-19)11-3-4-18-14-27-22-9-6-17(13-25)12-21(18)22/h2,5-6,9-10,12,14,19-20,27H,3-4,7-8,11,15-16H2,1H3. The molecular formula is C24H27N5O. The van der Waals surface area contributed by atoms with Gasteiger partial charge in [0.05, 0.1) is 18.7 Å². The van der Waals surface area contributed by atoms with Gasteiger partial charge in [0.2, 0.25) is 0 Å². The third-order valence-corrected chi connectivity index (χ3v) is 6.59. The van der Waals surface area contributed by atoms with Crippen LogP contribution in [-0.2, 0) is 6.42 Å². The third-order valence-electron chi connectivity index (χ3n) is 6.59. The van der Waals surface area contributed by atoms with E-state index in [1.54, 1.807) is 7.11 Å². The second-order valence-electron chi connectivity index (χ2n) is 8.37. The topological polar surface area (TPSA) is 68.2 Å². The lowest BCUT2D eigenvalue weighted by atomic mass is 10.1. The van der Waals surface area contributed by atoms with Crippen LogP contribution in [0.2, 0.25) is 0 Å². The number of rotatable bonds is 6. The summed E-state index contributed by atoms with van der Waals surface area (Å²) in [6.45, 7) is 3.27. The van der Waals surface area contributed by atoms with Crippen LogP contribution in [0.1, 0.15) is 30.4 Å². The number of hydrogen-bond acceptors (Lipinski definition) is 5. The molecule has 2 bridgehead atoms. The van der Waals surface area contributed by atoms with Gasteiger partial charge < -0.3 is 14.6 Å². The highest BCUT2D eigenvalue weighted by Crippen LogP contribution is 2.38. The molecule has 0 aliphatic carbocycles. The number of nitriles is 1. The average Bonchev–Trinajstić information content (AvgIpc) is 3.30. The Kier molecular flexibility index (Phi) is 5.06. The largest absolute Gasteiger partial charge is 0.493 e. The zero-order valence-electron chi connectivity index (χ0n) is 17.3. The number of nitrogens with one attached hydrogen (secondary N) is 1. The maximum atomic E-state index is 9.18. The van der Waals surface area contributed by atoms with Gasteiger partial charge >= 0.3 is 0 Å². The Balaban J connectivity index is 1.22. The molecule has 0 spiro atoms. The van der Waals surface area contributed by atoms with Gasteiger partial charge in [-0.2, -0.15) is 5.26 Å². The molecule has 30 heavy (non-hydrogen) atoms. The van der Waals surface area contributed by atoms with Gasteiger partial charge in [-0.15, -0.1) is 0 Å². The molecule has 0 radical (unpaired) electrons. The third kappa shape index (κ3) is 3.40. The molecule has 6 nitrogen and oxygen atoms in total. The van der Waals surface area contributed by atoms with Crippen molar-refractivity contribution in [2.75, 3.05) is 31.6 Å². The van der Waals surface area contributed by atoms with E-state index in [2.05, 4.69) is 32.0 Å². The van der Waals surface area contributed by atoms with Crippen LogP contribution in [0.3, 0.4) is 0 Å². The summed E-state index contributed by atoms with van der Waals surface area (Å²) < 4.78 is 5.57. The lowest BCUT2D eigenvalue weighted by Crippen LogP contribution is -2.54. The van der Waals surface area contributed by atoms with Gasteiger partial charge in [-0.25, -0.2) is 4.98 Å². The Hall–Kier alpha value is -3.04. The van der Waals surface area contributed by atoms with Crippen molar-refractivity contribution in [3.8, 4) is 11.8 Å². The Bertz CT molecular complexity index is 1070. The van der Waals surface area contributed by atoms with Gasteiger partial charge in [-0.05, 0) is 68.1 Å². The molecule has 2 atom stereocenters. The van der Waals surface area contributed by atoms with Crippen LogP contribution in [0.25, 0.3) is 10.9 Å². The van der Waals surface area contributed by atoms with Crippen LogP contribution >= 0.6 is 0 Å². The van der Waals surface area contributed by atoms with Crippen molar-refractivity contribution >= 4 is 16.7 Å². The number of H-pyrrole nitrogens is 1. The van der Waals surface area contributed by atoms with Crippen LogP contribution in [0.5, 0.6) is 5.75 Å². The highest BCUT2D eigenvalue weighted by atomic mass is 16.5. The molecule has 154 valence electrons. The molecule has 2 fully saturated rings. The van der Waals surface area contributed by atoms with Crippen LogP contribution in [-0.4, -0.2) is 53.7 Å². The number of anilines is 1. The number of fused-ring (bicyclic) bond motifs is 3. The Morgan fingerprint density at radius 1 is 1.23 bits per heavy atom. The van der Waals surface area contributed by atoms with E-state index in [0.717, 1.165) is 55.1 Å². The highest BCUT2D eigenvalue weighted by molar-refractivity contribution is 5.84. The zero-order valence-corrected chi connectivity index (χ0v) is 17.3. The van der Waals surface area contributed by atoms with Gasteiger partial charge in [-0.3, -0.25) is 4.90 Å². The predicted octanol–water partition coefficient (Wildman–Crippen LogP) is 3.73. The van der Waals surface area contributed by atoms with Gasteiger partial charge in [-0.1, -0.05) is 0 Å². The zero-order chi connectivity index (χ0) is 20.5. The Morgan fingerprint density at radius 2 is 2.07 bits per heavy atom. The number of aromatic nitrogens is 2.